The summed E-state index contributed by atoms with van der Waals surface area (Å²) in [6, 6.07) is 15.6. The third-order valence-corrected chi connectivity index (χ3v) is 2.81. The van der Waals surface area contributed by atoms with Gasteiger partial charge in [-0.2, -0.15) is 4.98 Å². The molecule has 0 aliphatic rings. The Kier molecular flexibility index (Phi) is 2.90. The number of hydrogen-bond acceptors (Lipinski definition) is 3. The first-order chi connectivity index (χ1) is 8.84. The Bertz CT molecular complexity index is 592. The second-order valence-corrected chi connectivity index (χ2v) is 4.38. The van der Waals surface area contributed by atoms with E-state index in [9.17, 15) is 0 Å². The van der Waals surface area contributed by atoms with Gasteiger partial charge in [0.25, 0.3) is 0 Å². The van der Waals surface area contributed by atoms with Gasteiger partial charge in [-0.1, -0.05) is 24.3 Å². The lowest BCUT2D eigenvalue weighted by molar-refractivity contribution is 0.874. The summed E-state index contributed by atoms with van der Waals surface area (Å²) in [5.74, 6) is 0.716. The molecule has 1 aromatic carbocycles. The van der Waals surface area contributed by atoms with Crippen LogP contribution in [-0.4, -0.2) is 19.7 Å². The van der Waals surface area contributed by atoms with Gasteiger partial charge < -0.3 is 0 Å². The summed E-state index contributed by atoms with van der Waals surface area (Å²) >= 11 is 3.31. The van der Waals surface area contributed by atoms with E-state index < -0.39 is 0 Å². The molecule has 0 saturated heterocycles. The standard InChI is InChI=1S/C13H9BrN4/c14-13-16-12(11-8-4-5-9-15-11)18(17-13)10-6-2-1-3-7-10/h1-9H. The van der Waals surface area contributed by atoms with Crippen molar-refractivity contribution in [2.75, 3.05) is 0 Å². The van der Waals surface area contributed by atoms with Crippen LogP contribution in [0.25, 0.3) is 17.2 Å². The summed E-state index contributed by atoms with van der Waals surface area (Å²) in [4.78, 5) is 8.67. The van der Waals surface area contributed by atoms with Gasteiger partial charge in [-0.05, 0) is 40.2 Å². The normalized spacial score (nSPS) is 10.5. The van der Waals surface area contributed by atoms with Crippen LogP contribution < -0.4 is 0 Å². The lowest BCUT2D eigenvalue weighted by Crippen LogP contribution is -2.00. The van der Waals surface area contributed by atoms with E-state index in [1.54, 1.807) is 10.9 Å². The average Bonchev–Trinajstić information content (AvgIpc) is 2.83. The minimum absolute atomic E-state index is 0.548. The van der Waals surface area contributed by atoms with Crippen LogP contribution in [0, 0.1) is 0 Å². The highest BCUT2D eigenvalue weighted by Gasteiger charge is 2.12. The molecule has 2 aromatic heterocycles. The summed E-state index contributed by atoms with van der Waals surface area (Å²) in [7, 11) is 0. The third-order valence-electron chi connectivity index (χ3n) is 2.48. The molecule has 0 radical (unpaired) electrons. The number of pyridine rings is 1. The molecule has 3 rings (SSSR count). The van der Waals surface area contributed by atoms with E-state index in [1.807, 2.05) is 48.5 Å². The van der Waals surface area contributed by atoms with Crippen molar-refractivity contribution in [1.82, 2.24) is 19.7 Å². The first kappa shape index (κ1) is 11.1. The third kappa shape index (κ3) is 2.04. The SMILES string of the molecule is Brc1nc(-c2ccccn2)n(-c2ccccc2)n1. The Hall–Kier alpha value is -2.01. The topological polar surface area (TPSA) is 43.6 Å². The Labute approximate surface area is 112 Å². The van der Waals surface area contributed by atoms with Crippen LogP contribution in [0.5, 0.6) is 0 Å². The summed E-state index contributed by atoms with van der Waals surface area (Å²) in [5, 5.41) is 4.34. The van der Waals surface area contributed by atoms with Crippen LogP contribution in [-0.2, 0) is 0 Å². The van der Waals surface area contributed by atoms with Gasteiger partial charge in [-0.15, -0.1) is 5.10 Å². The molecule has 0 N–H and O–H groups in total. The molecule has 5 heteroatoms. The van der Waals surface area contributed by atoms with Crippen LogP contribution in [0.4, 0.5) is 0 Å². The van der Waals surface area contributed by atoms with E-state index in [-0.39, 0.29) is 0 Å². The maximum absolute atomic E-state index is 4.36. The molecular formula is C13H9BrN4. The van der Waals surface area contributed by atoms with Crippen LogP contribution in [0.1, 0.15) is 0 Å². The van der Waals surface area contributed by atoms with Crippen molar-refractivity contribution < 1.29 is 0 Å². The van der Waals surface area contributed by atoms with Crippen molar-refractivity contribution >= 4 is 15.9 Å². The fourth-order valence-electron chi connectivity index (χ4n) is 1.70. The van der Waals surface area contributed by atoms with Gasteiger partial charge >= 0.3 is 0 Å². The summed E-state index contributed by atoms with van der Waals surface area (Å²) in [5.41, 5.74) is 1.75. The van der Waals surface area contributed by atoms with Gasteiger partial charge in [0.2, 0.25) is 4.73 Å². The van der Waals surface area contributed by atoms with E-state index in [2.05, 4.69) is 31.0 Å². The van der Waals surface area contributed by atoms with E-state index in [1.165, 1.54) is 0 Å². The molecule has 4 nitrogen and oxygen atoms in total. The molecule has 0 fully saturated rings. The molecular weight excluding hydrogens is 292 g/mol. The minimum atomic E-state index is 0.548. The molecule has 0 aliphatic heterocycles. The van der Waals surface area contributed by atoms with E-state index in [0.29, 0.717) is 10.6 Å². The van der Waals surface area contributed by atoms with Gasteiger partial charge in [0.1, 0.15) is 5.69 Å². The van der Waals surface area contributed by atoms with Crippen LogP contribution in [0.2, 0.25) is 0 Å². The molecule has 0 amide bonds. The predicted molar refractivity (Wildman–Crippen MR) is 72.3 cm³/mol. The van der Waals surface area contributed by atoms with Crippen molar-refractivity contribution in [3.8, 4) is 17.2 Å². The first-order valence-corrected chi connectivity index (χ1v) is 6.23. The zero-order chi connectivity index (χ0) is 12.4. The number of para-hydroxylation sites is 1. The Morgan fingerprint density at radius 1 is 0.944 bits per heavy atom. The largest absolute Gasteiger partial charge is 0.253 e. The van der Waals surface area contributed by atoms with E-state index in [4.69, 9.17) is 0 Å². The Balaban J connectivity index is 2.17. The average molecular weight is 301 g/mol. The number of rotatable bonds is 2. The van der Waals surface area contributed by atoms with E-state index >= 15 is 0 Å². The number of benzene rings is 1. The monoisotopic (exact) mass is 300 g/mol. The molecule has 0 bridgehead atoms. The van der Waals surface area contributed by atoms with Crippen molar-refractivity contribution in [3.05, 3.63) is 59.5 Å². The lowest BCUT2D eigenvalue weighted by atomic mass is 10.3. The van der Waals surface area contributed by atoms with Gasteiger partial charge in [0.15, 0.2) is 5.82 Å². The maximum Gasteiger partial charge on any atom is 0.218 e. The molecule has 88 valence electrons. The molecule has 18 heavy (non-hydrogen) atoms. The molecule has 0 atom stereocenters. The second-order valence-electron chi connectivity index (χ2n) is 3.67. The van der Waals surface area contributed by atoms with Crippen molar-refractivity contribution in [1.29, 1.82) is 0 Å². The molecule has 0 saturated carbocycles. The number of halogens is 1. The molecule has 0 unspecified atom stereocenters. The van der Waals surface area contributed by atoms with E-state index in [0.717, 1.165) is 11.4 Å². The van der Waals surface area contributed by atoms with Crippen molar-refractivity contribution in [3.63, 3.8) is 0 Å². The van der Waals surface area contributed by atoms with Crippen molar-refractivity contribution in [2.45, 2.75) is 0 Å². The highest BCUT2D eigenvalue weighted by molar-refractivity contribution is 9.10. The summed E-state index contributed by atoms with van der Waals surface area (Å²) in [6.07, 6.45) is 1.74. The molecule has 3 aromatic rings. The lowest BCUT2D eigenvalue weighted by Gasteiger charge is -2.04. The quantitative estimate of drug-likeness (QED) is 0.730. The fraction of sp³-hybridized carbons (Fsp3) is 0. The molecule has 0 spiro atoms. The first-order valence-electron chi connectivity index (χ1n) is 5.44. The molecule has 0 aliphatic carbocycles. The predicted octanol–water partition coefficient (Wildman–Crippen LogP) is 3.09. The van der Waals surface area contributed by atoms with Crippen LogP contribution in [0.3, 0.4) is 0 Å². The Morgan fingerprint density at radius 2 is 1.72 bits per heavy atom. The fourth-order valence-corrected chi connectivity index (χ4v) is 2.02. The molecule has 2 heterocycles. The zero-order valence-corrected chi connectivity index (χ0v) is 10.9. The highest BCUT2D eigenvalue weighted by Crippen LogP contribution is 2.20. The maximum atomic E-state index is 4.36. The van der Waals surface area contributed by atoms with Gasteiger partial charge in [-0.25, -0.2) is 4.68 Å². The van der Waals surface area contributed by atoms with Crippen LogP contribution in [0.15, 0.2) is 59.5 Å². The zero-order valence-electron chi connectivity index (χ0n) is 9.36. The van der Waals surface area contributed by atoms with Crippen molar-refractivity contribution in [2.24, 2.45) is 0 Å². The van der Waals surface area contributed by atoms with Crippen LogP contribution >= 0.6 is 15.9 Å². The van der Waals surface area contributed by atoms with Gasteiger partial charge in [-0.3, -0.25) is 4.98 Å². The highest BCUT2D eigenvalue weighted by atomic mass is 79.9. The second kappa shape index (κ2) is 4.70. The summed E-state index contributed by atoms with van der Waals surface area (Å²) in [6.45, 7) is 0. The number of nitrogens with zero attached hydrogens (tertiary/aromatic N) is 4. The van der Waals surface area contributed by atoms with Gasteiger partial charge in [0.05, 0.1) is 5.69 Å². The number of aromatic nitrogens is 4. The number of hydrogen-bond donors (Lipinski definition) is 0. The van der Waals surface area contributed by atoms with Gasteiger partial charge in [0, 0.05) is 6.20 Å². The Morgan fingerprint density at radius 3 is 2.44 bits per heavy atom. The minimum Gasteiger partial charge on any atom is -0.253 e. The smallest absolute Gasteiger partial charge is 0.218 e. The summed E-state index contributed by atoms with van der Waals surface area (Å²) < 4.78 is 2.32.